The molecule has 1 aromatic rings. The van der Waals surface area contributed by atoms with E-state index in [0.29, 0.717) is 5.41 Å². The molecule has 5 heteroatoms. The van der Waals surface area contributed by atoms with E-state index in [4.69, 9.17) is 9.73 Å². The normalized spacial score (nSPS) is 26.3. The van der Waals surface area contributed by atoms with Gasteiger partial charge in [0.25, 0.3) is 0 Å². The molecule has 1 unspecified atom stereocenters. The van der Waals surface area contributed by atoms with Gasteiger partial charge in [0.1, 0.15) is 0 Å². The maximum atomic E-state index is 5.70. The third-order valence-electron chi connectivity index (χ3n) is 6.62. The Labute approximate surface area is 170 Å². The maximum absolute atomic E-state index is 5.70. The molecule has 5 nitrogen and oxygen atoms in total. The summed E-state index contributed by atoms with van der Waals surface area (Å²) in [5, 5.41) is 3.53. The predicted molar refractivity (Wildman–Crippen MR) is 114 cm³/mol. The molecule has 1 spiro atoms. The summed E-state index contributed by atoms with van der Waals surface area (Å²) in [5.41, 5.74) is 3.16. The van der Waals surface area contributed by atoms with Crippen LogP contribution in [0.5, 0.6) is 0 Å². The number of nitrogens with one attached hydrogen (secondary N) is 1. The number of rotatable bonds is 5. The van der Waals surface area contributed by atoms with Crippen LogP contribution in [-0.4, -0.2) is 61.7 Å². The van der Waals surface area contributed by atoms with Crippen molar-refractivity contribution in [1.29, 1.82) is 0 Å². The first-order valence-electron chi connectivity index (χ1n) is 11.2. The molecule has 0 aromatic heterocycles. The molecule has 3 fully saturated rings. The highest BCUT2D eigenvalue weighted by molar-refractivity contribution is 5.80. The predicted octanol–water partition coefficient (Wildman–Crippen LogP) is 3.25. The smallest absolute Gasteiger partial charge is 0.194 e. The number of benzene rings is 1. The lowest BCUT2D eigenvalue weighted by Crippen LogP contribution is -2.41. The second kappa shape index (κ2) is 9.27. The molecule has 28 heavy (non-hydrogen) atoms. The summed E-state index contributed by atoms with van der Waals surface area (Å²) in [6.45, 7) is 11.4. The van der Waals surface area contributed by atoms with E-state index in [2.05, 4.69) is 46.3 Å². The lowest BCUT2D eigenvalue weighted by atomic mass is 9.87. The number of nitrogens with zero attached hydrogens (tertiary/aromatic N) is 3. The third kappa shape index (κ3) is 4.69. The molecule has 0 radical (unpaired) electrons. The van der Waals surface area contributed by atoms with Gasteiger partial charge in [-0.1, -0.05) is 30.7 Å². The van der Waals surface area contributed by atoms with Crippen LogP contribution in [0.15, 0.2) is 29.3 Å². The zero-order valence-electron chi connectivity index (χ0n) is 17.5. The van der Waals surface area contributed by atoms with Gasteiger partial charge >= 0.3 is 0 Å². The largest absolute Gasteiger partial charge is 0.381 e. The molecule has 3 aliphatic rings. The highest BCUT2D eigenvalue weighted by atomic mass is 16.5. The van der Waals surface area contributed by atoms with Gasteiger partial charge in [-0.2, -0.15) is 0 Å². The van der Waals surface area contributed by atoms with Crippen LogP contribution in [0.25, 0.3) is 0 Å². The van der Waals surface area contributed by atoms with E-state index in [1.54, 1.807) is 0 Å². The average molecular weight is 385 g/mol. The molecule has 3 saturated heterocycles. The van der Waals surface area contributed by atoms with Crippen LogP contribution in [0.2, 0.25) is 0 Å². The Kier molecular flexibility index (Phi) is 6.53. The number of piperidine rings is 1. The number of hydrogen-bond acceptors (Lipinski definition) is 3. The van der Waals surface area contributed by atoms with Crippen molar-refractivity contribution in [2.45, 2.75) is 52.1 Å². The van der Waals surface area contributed by atoms with Crippen molar-refractivity contribution in [3.8, 4) is 0 Å². The number of likely N-dealkylation sites (tertiary alicyclic amines) is 2. The lowest BCUT2D eigenvalue weighted by molar-refractivity contribution is 0.156. The number of aliphatic imine (C=N–C) groups is 1. The monoisotopic (exact) mass is 384 g/mol. The maximum Gasteiger partial charge on any atom is 0.194 e. The molecule has 0 amide bonds. The van der Waals surface area contributed by atoms with Crippen molar-refractivity contribution < 1.29 is 4.74 Å². The van der Waals surface area contributed by atoms with Crippen molar-refractivity contribution in [2.24, 2.45) is 10.4 Å². The average Bonchev–Trinajstić information content (AvgIpc) is 3.37. The Morgan fingerprint density at radius 3 is 2.68 bits per heavy atom. The van der Waals surface area contributed by atoms with Crippen LogP contribution in [-0.2, 0) is 17.8 Å². The summed E-state index contributed by atoms with van der Waals surface area (Å²) in [6.07, 6.45) is 6.48. The first kappa shape index (κ1) is 19.7. The fourth-order valence-electron chi connectivity index (χ4n) is 4.90. The summed E-state index contributed by atoms with van der Waals surface area (Å²) < 4.78 is 5.70. The van der Waals surface area contributed by atoms with Gasteiger partial charge in [0.2, 0.25) is 0 Å². The van der Waals surface area contributed by atoms with Gasteiger partial charge in [0.05, 0.1) is 13.2 Å². The summed E-state index contributed by atoms with van der Waals surface area (Å²) >= 11 is 0. The topological polar surface area (TPSA) is 40.1 Å². The number of hydrogen-bond donors (Lipinski definition) is 1. The zero-order valence-corrected chi connectivity index (χ0v) is 17.5. The van der Waals surface area contributed by atoms with E-state index in [1.807, 2.05) is 0 Å². The van der Waals surface area contributed by atoms with Gasteiger partial charge in [-0.05, 0) is 56.8 Å². The standard InChI is InChI=1S/C23H36N4O/c1-2-24-22(27-14-10-23(18-27)11-15-28-19-23)25-16-20-8-4-5-9-21(20)17-26-12-6-3-7-13-26/h4-5,8-9H,2-3,6-7,10-19H2,1H3,(H,24,25). The van der Waals surface area contributed by atoms with E-state index >= 15 is 0 Å². The second-order valence-electron chi connectivity index (χ2n) is 8.75. The van der Waals surface area contributed by atoms with E-state index in [9.17, 15) is 0 Å². The van der Waals surface area contributed by atoms with E-state index in [1.165, 1.54) is 56.3 Å². The van der Waals surface area contributed by atoms with Gasteiger partial charge in [-0.3, -0.25) is 4.90 Å². The molecular formula is C23H36N4O. The minimum absolute atomic E-state index is 0.363. The molecule has 1 N–H and O–H groups in total. The van der Waals surface area contributed by atoms with Crippen molar-refractivity contribution in [2.75, 3.05) is 45.9 Å². The summed E-state index contributed by atoms with van der Waals surface area (Å²) in [5.74, 6) is 1.07. The van der Waals surface area contributed by atoms with E-state index in [0.717, 1.165) is 51.9 Å². The van der Waals surface area contributed by atoms with Crippen LogP contribution in [0, 0.1) is 5.41 Å². The van der Waals surface area contributed by atoms with Gasteiger partial charge < -0.3 is 15.0 Å². The van der Waals surface area contributed by atoms with Crippen LogP contribution >= 0.6 is 0 Å². The van der Waals surface area contributed by atoms with Crippen molar-refractivity contribution >= 4 is 5.96 Å². The molecule has 0 bridgehead atoms. The van der Waals surface area contributed by atoms with Gasteiger partial charge in [-0.15, -0.1) is 0 Å². The lowest BCUT2D eigenvalue weighted by Gasteiger charge is -2.27. The Morgan fingerprint density at radius 1 is 1.11 bits per heavy atom. The van der Waals surface area contributed by atoms with Gasteiger partial charge in [0, 0.05) is 38.2 Å². The van der Waals surface area contributed by atoms with Crippen LogP contribution < -0.4 is 5.32 Å². The Bertz CT molecular complexity index is 662. The fourth-order valence-corrected chi connectivity index (χ4v) is 4.90. The molecule has 154 valence electrons. The Hall–Kier alpha value is -1.59. The van der Waals surface area contributed by atoms with Crippen LogP contribution in [0.1, 0.15) is 50.2 Å². The fraction of sp³-hybridized carbons (Fsp3) is 0.696. The van der Waals surface area contributed by atoms with Crippen molar-refractivity contribution in [3.05, 3.63) is 35.4 Å². The quantitative estimate of drug-likeness (QED) is 0.625. The van der Waals surface area contributed by atoms with Crippen LogP contribution in [0.4, 0.5) is 0 Å². The number of guanidine groups is 1. The summed E-state index contributed by atoms with van der Waals surface area (Å²) in [6, 6.07) is 8.86. The summed E-state index contributed by atoms with van der Waals surface area (Å²) in [4.78, 5) is 10.1. The minimum Gasteiger partial charge on any atom is -0.381 e. The van der Waals surface area contributed by atoms with Crippen molar-refractivity contribution in [1.82, 2.24) is 15.1 Å². The molecular weight excluding hydrogens is 348 g/mol. The second-order valence-corrected chi connectivity index (χ2v) is 8.75. The molecule has 3 aliphatic heterocycles. The highest BCUT2D eigenvalue weighted by Crippen LogP contribution is 2.38. The molecule has 0 saturated carbocycles. The third-order valence-corrected chi connectivity index (χ3v) is 6.62. The minimum atomic E-state index is 0.363. The first-order valence-corrected chi connectivity index (χ1v) is 11.2. The first-order chi connectivity index (χ1) is 13.8. The zero-order chi connectivity index (χ0) is 19.2. The molecule has 1 aromatic carbocycles. The Morgan fingerprint density at radius 2 is 1.93 bits per heavy atom. The molecule has 4 rings (SSSR count). The van der Waals surface area contributed by atoms with E-state index < -0.39 is 0 Å². The van der Waals surface area contributed by atoms with Crippen molar-refractivity contribution in [3.63, 3.8) is 0 Å². The van der Waals surface area contributed by atoms with Crippen LogP contribution in [0.3, 0.4) is 0 Å². The molecule has 0 aliphatic carbocycles. The van der Waals surface area contributed by atoms with Gasteiger partial charge in [-0.25, -0.2) is 4.99 Å². The van der Waals surface area contributed by atoms with E-state index in [-0.39, 0.29) is 0 Å². The molecule has 3 heterocycles. The highest BCUT2D eigenvalue weighted by Gasteiger charge is 2.42. The van der Waals surface area contributed by atoms with Gasteiger partial charge in [0.15, 0.2) is 5.96 Å². The Balaban J connectivity index is 1.43. The molecule has 1 atom stereocenters. The summed E-state index contributed by atoms with van der Waals surface area (Å²) in [7, 11) is 0. The SMILES string of the molecule is CCNC(=NCc1ccccc1CN1CCCCC1)N1CCC2(CCOC2)C1. The number of ether oxygens (including phenoxy) is 1.